The molecule has 36 heavy (non-hydrogen) atoms. The molecule has 0 saturated carbocycles. The van der Waals surface area contributed by atoms with E-state index in [1.165, 1.54) is 23.9 Å². The highest BCUT2D eigenvalue weighted by Gasteiger charge is 2.24. The van der Waals surface area contributed by atoms with E-state index in [-0.39, 0.29) is 24.1 Å². The van der Waals surface area contributed by atoms with Crippen molar-refractivity contribution in [1.29, 1.82) is 0 Å². The molecule has 178 valence electrons. The fraction of sp³-hybridized carbons (Fsp3) is 0.0370. The maximum Gasteiger partial charge on any atom is 0.264 e. The number of aromatic nitrogens is 1. The Bertz CT molecular complexity index is 1550. The van der Waals surface area contributed by atoms with Crippen LogP contribution in [0, 0.1) is 5.82 Å². The van der Waals surface area contributed by atoms with Crippen molar-refractivity contribution >= 4 is 68.7 Å². The number of carbonyl (C=O) groups is 2. The number of benzene rings is 3. The summed E-state index contributed by atoms with van der Waals surface area (Å²) < 4.78 is 13.1. The zero-order valence-corrected chi connectivity index (χ0v) is 20.2. The van der Waals surface area contributed by atoms with Gasteiger partial charge in [-0.15, -0.1) is 0 Å². The van der Waals surface area contributed by atoms with Crippen molar-refractivity contribution in [3.63, 3.8) is 0 Å². The number of halogens is 2. The second kappa shape index (κ2) is 10.3. The highest BCUT2D eigenvalue weighted by molar-refractivity contribution is 8.18. The largest absolute Gasteiger partial charge is 0.326 e. The number of pyridine rings is 1. The number of hydrogen-bond donors (Lipinski definition) is 2. The van der Waals surface area contributed by atoms with Crippen LogP contribution in [0.2, 0.25) is 5.02 Å². The standard InChI is InChI=1S/C27H18ClFN4O2S/c28-21-9-8-20(31-25(34)14-16-3-6-19(29)7-4-16)15-23(21)32-27-33-26(35)24(36-27)13-17-5-10-22-18(12-17)2-1-11-30-22/h1-13,15H,14H2,(H,31,34)(H,32,33,35)/b24-13-. The molecule has 9 heteroatoms. The summed E-state index contributed by atoms with van der Waals surface area (Å²) in [6.07, 6.45) is 3.63. The molecule has 2 amide bonds. The number of anilines is 1. The smallest absolute Gasteiger partial charge is 0.264 e. The maximum absolute atomic E-state index is 13.1. The summed E-state index contributed by atoms with van der Waals surface area (Å²) in [4.78, 5) is 34.2. The minimum Gasteiger partial charge on any atom is -0.326 e. The average molecular weight is 517 g/mol. The topological polar surface area (TPSA) is 83.5 Å². The molecule has 3 aromatic carbocycles. The van der Waals surface area contributed by atoms with E-state index in [1.54, 1.807) is 42.6 Å². The van der Waals surface area contributed by atoms with Crippen LogP contribution in [0.25, 0.3) is 17.0 Å². The van der Waals surface area contributed by atoms with Gasteiger partial charge in [0.2, 0.25) is 5.91 Å². The first-order valence-corrected chi connectivity index (χ1v) is 12.1. The number of fused-ring (bicyclic) bond motifs is 1. The molecule has 1 saturated heterocycles. The molecule has 0 radical (unpaired) electrons. The fourth-order valence-corrected chi connectivity index (χ4v) is 4.59. The summed E-state index contributed by atoms with van der Waals surface area (Å²) in [6.45, 7) is 0. The first-order chi connectivity index (χ1) is 17.4. The van der Waals surface area contributed by atoms with E-state index in [1.807, 2.05) is 30.3 Å². The first-order valence-electron chi connectivity index (χ1n) is 10.9. The molecule has 0 aliphatic carbocycles. The highest BCUT2D eigenvalue weighted by atomic mass is 35.5. The molecular weight excluding hydrogens is 499 g/mol. The van der Waals surface area contributed by atoms with Crippen molar-refractivity contribution in [2.75, 3.05) is 5.32 Å². The molecule has 1 aliphatic heterocycles. The van der Waals surface area contributed by atoms with Gasteiger partial charge in [0, 0.05) is 17.3 Å². The summed E-state index contributed by atoms with van der Waals surface area (Å²) in [5, 5.41) is 7.27. The van der Waals surface area contributed by atoms with Gasteiger partial charge in [0.15, 0.2) is 5.17 Å². The summed E-state index contributed by atoms with van der Waals surface area (Å²) in [6, 6.07) is 20.3. The van der Waals surface area contributed by atoms with Crippen LogP contribution in [0.1, 0.15) is 11.1 Å². The Morgan fingerprint density at radius 3 is 2.78 bits per heavy atom. The molecule has 1 aliphatic rings. The lowest BCUT2D eigenvalue weighted by atomic mass is 10.1. The number of carbonyl (C=O) groups excluding carboxylic acids is 2. The molecule has 0 spiro atoms. The Balaban J connectivity index is 1.31. The monoisotopic (exact) mass is 516 g/mol. The van der Waals surface area contributed by atoms with Crippen LogP contribution in [0.5, 0.6) is 0 Å². The third-order valence-electron chi connectivity index (χ3n) is 5.31. The summed E-state index contributed by atoms with van der Waals surface area (Å²) in [5.74, 6) is -0.878. The van der Waals surface area contributed by atoms with E-state index < -0.39 is 0 Å². The second-order valence-corrected chi connectivity index (χ2v) is 9.39. The van der Waals surface area contributed by atoms with E-state index in [9.17, 15) is 14.0 Å². The van der Waals surface area contributed by atoms with Gasteiger partial charge in [-0.05, 0) is 77.5 Å². The van der Waals surface area contributed by atoms with Crippen molar-refractivity contribution < 1.29 is 14.0 Å². The molecule has 0 unspecified atom stereocenters. The van der Waals surface area contributed by atoms with E-state index in [2.05, 4.69) is 20.6 Å². The highest BCUT2D eigenvalue weighted by Crippen LogP contribution is 2.33. The van der Waals surface area contributed by atoms with Crippen molar-refractivity contribution in [3.8, 4) is 0 Å². The number of amides is 2. The van der Waals surface area contributed by atoms with Gasteiger partial charge in [-0.1, -0.05) is 35.9 Å². The van der Waals surface area contributed by atoms with Gasteiger partial charge in [0.05, 0.1) is 27.6 Å². The van der Waals surface area contributed by atoms with Crippen LogP contribution >= 0.6 is 23.4 Å². The van der Waals surface area contributed by atoms with Gasteiger partial charge in [-0.2, -0.15) is 0 Å². The van der Waals surface area contributed by atoms with Crippen LogP contribution in [-0.4, -0.2) is 22.0 Å². The van der Waals surface area contributed by atoms with Crippen molar-refractivity contribution in [1.82, 2.24) is 10.3 Å². The minimum absolute atomic E-state index is 0.0949. The molecule has 1 aromatic heterocycles. The molecule has 5 rings (SSSR count). The summed E-state index contributed by atoms with van der Waals surface area (Å²) in [7, 11) is 0. The fourth-order valence-electron chi connectivity index (χ4n) is 3.59. The van der Waals surface area contributed by atoms with Crippen molar-refractivity contribution in [3.05, 3.63) is 106 Å². The maximum atomic E-state index is 13.1. The van der Waals surface area contributed by atoms with Gasteiger partial charge < -0.3 is 10.6 Å². The van der Waals surface area contributed by atoms with Gasteiger partial charge in [-0.3, -0.25) is 14.6 Å². The Kier molecular flexibility index (Phi) is 6.79. The molecule has 0 bridgehead atoms. The SMILES string of the molecule is O=C(Cc1ccc(F)cc1)Nc1ccc(Cl)c(N=C2NC(=O)/C(=C/c3ccc4ncccc4c3)S2)c1. The third kappa shape index (κ3) is 5.62. The number of thioether (sulfide) groups is 1. The summed E-state index contributed by atoms with van der Waals surface area (Å²) in [5.41, 5.74) is 3.34. The first kappa shape index (κ1) is 23.7. The minimum atomic E-state index is -0.356. The van der Waals surface area contributed by atoms with E-state index in [4.69, 9.17) is 11.6 Å². The number of rotatable bonds is 5. The lowest BCUT2D eigenvalue weighted by molar-refractivity contribution is -0.116. The Labute approximate surface area is 215 Å². The number of aliphatic imine (C=N–C) groups is 1. The molecule has 0 atom stereocenters. The molecule has 6 nitrogen and oxygen atoms in total. The Morgan fingerprint density at radius 2 is 1.94 bits per heavy atom. The lowest BCUT2D eigenvalue weighted by Crippen LogP contribution is -2.19. The van der Waals surface area contributed by atoms with Gasteiger partial charge >= 0.3 is 0 Å². The number of amidine groups is 1. The average Bonchev–Trinajstić information content (AvgIpc) is 3.21. The van der Waals surface area contributed by atoms with Crippen molar-refractivity contribution in [2.45, 2.75) is 6.42 Å². The van der Waals surface area contributed by atoms with Crippen molar-refractivity contribution in [2.24, 2.45) is 4.99 Å². The van der Waals surface area contributed by atoms with Gasteiger partial charge in [-0.25, -0.2) is 9.38 Å². The predicted molar refractivity (Wildman–Crippen MR) is 143 cm³/mol. The van der Waals surface area contributed by atoms with Crippen LogP contribution in [0.15, 0.2) is 88.9 Å². The van der Waals surface area contributed by atoms with E-state index in [0.717, 1.165) is 16.5 Å². The number of nitrogens with one attached hydrogen (secondary N) is 2. The normalized spacial score (nSPS) is 15.4. The second-order valence-electron chi connectivity index (χ2n) is 7.95. The zero-order valence-electron chi connectivity index (χ0n) is 18.7. The third-order valence-corrected chi connectivity index (χ3v) is 6.54. The van der Waals surface area contributed by atoms with E-state index >= 15 is 0 Å². The Morgan fingerprint density at radius 1 is 1.11 bits per heavy atom. The van der Waals surface area contributed by atoms with Crippen LogP contribution in [0.3, 0.4) is 0 Å². The molecule has 2 heterocycles. The Hall–Kier alpha value is -4.01. The zero-order chi connectivity index (χ0) is 25.1. The molecule has 4 aromatic rings. The lowest BCUT2D eigenvalue weighted by Gasteiger charge is -2.08. The van der Waals surface area contributed by atoms with Crippen LogP contribution < -0.4 is 10.6 Å². The van der Waals surface area contributed by atoms with Crippen LogP contribution in [0.4, 0.5) is 15.8 Å². The molecular formula is C27H18ClFN4O2S. The quantitative estimate of drug-likeness (QED) is 0.314. The number of hydrogen-bond acceptors (Lipinski definition) is 5. The number of nitrogens with zero attached hydrogens (tertiary/aromatic N) is 2. The van der Waals surface area contributed by atoms with E-state index in [0.29, 0.717) is 32.0 Å². The molecule has 2 N–H and O–H groups in total. The predicted octanol–water partition coefficient (Wildman–Crippen LogP) is 6.10. The van der Waals surface area contributed by atoms with Gasteiger partial charge in [0.25, 0.3) is 5.91 Å². The van der Waals surface area contributed by atoms with Gasteiger partial charge in [0.1, 0.15) is 5.82 Å². The molecule has 1 fully saturated rings. The summed E-state index contributed by atoms with van der Waals surface area (Å²) >= 11 is 7.52. The van der Waals surface area contributed by atoms with Crippen LogP contribution in [-0.2, 0) is 16.0 Å².